The van der Waals surface area contributed by atoms with E-state index in [1.54, 1.807) is 24.3 Å². The van der Waals surface area contributed by atoms with Crippen molar-refractivity contribution in [3.05, 3.63) is 56.7 Å². The van der Waals surface area contributed by atoms with Crippen molar-refractivity contribution in [1.82, 2.24) is 0 Å². The zero-order valence-corrected chi connectivity index (χ0v) is 15.6. The summed E-state index contributed by atoms with van der Waals surface area (Å²) in [5, 5.41) is 9.71. The van der Waals surface area contributed by atoms with Crippen LogP contribution in [0.3, 0.4) is 0 Å². The van der Waals surface area contributed by atoms with E-state index in [4.69, 9.17) is 42.2 Å². The average Bonchev–Trinajstić information content (AvgIpc) is 2.62. The lowest BCUT2D eigenvalue weighted by molar-refractivity contribution is -0.137. The predicted octanol–water partition coefficient (Wildman–Crippen LogP) is 4.63. The van der Waals surface area contributed by atoms with Crippen LogP contribution in [0.25, 0.3) is 22.3 Å². The fourth-order valence-electron chi connectivity index (χ4n) is 2.53. The van der Waals surface area contributed by atoms with Gasteiger partial charge in [0.25, 0.3) is 0 Å². The van der Waals surface area contributed by atoms with Gasteiger partial charge in [-0.05, 0) is 18.2 Å². The van der Waals surface area contributed by atoms with Gasteiger partial charge in [-0.15, -0.1) is 0 Å². The molecular formula is C19H14Cl2O6. The third-order valence-corrected chi connectivity index (χ3v) is 4.39. The number of carboxylic acid groups (broad SMARTS) is 1. The molecule has 0 atom stereocenters. The number of rotatable bonds is 6. The van der Waals surface area contributed by atoms with Crippen LogP contribution in [0.15, 0.2) is 45.6 Å². The van der Waals surface area contributed by atoms with E-state index in [0.29, 0.717) is 21.7 Å². The van der Waals surface area contributed by atoms with Crippen LogP contribution < -0.4 is 14.9 Å². The van der Waals surface area contributed by atoms with Gasteiger partial charge >= 0.3 is 5.97 Å². The number of aliphatic carboxylic acids is 1. The molecule has 140 valence electrons. The number of ether oxygens (including phenoxy) is 2. The highest BCUT2D eigenvalue weighted by Crippen LogP contribution is 2.39. The van der Waals surface area contributed by atoms with Crippen LogP contribution in [0, 0.1) is 0 Å². The summed E-state index contributed by atoms with van der Waals surface area (Å²) in [5.74, 6) is -0.197. The Hall–Kier alpha value is -2.70. The molecule has 27 heavy (non-hydrogen) atoms. The zero-order chi connectivity index (χ0) is 19.6. The summed E-state index contributed by atoms with van der Waals surface area (Å²) in [5.41, 5.74) is 0.354. The van der Waals surface area contributed by atoms with Gasteiger partial charge in [0.05, 0.1) is 41.1 Å². The molecule has 1 N–H and O–H groups in total. The predicted molar refractivity (Wildman–Crippen MR) is 102 cm³/mol. The number of carboxylic acids is 1. The molecule has 2 aromatic carbocycles. The molecule has 0 aliphatic heterocycles. The summed E-state index contributed by atoms with van der Waals surface area (Å²) < 4.78 is 16.6. The van der Waals surface area contributed by atoms with Crippen molar-refractivity contribution in [2.24, 2.45) is 0 Å². The van der Waals surface area contributed by atoms with Crippen molar-refractivity contribution in [3.8, 4) is 22.8 Å². The fourth-order valence-corrected chi connectivity index (χ4v) is 2.97. The molecule has 0 radical (unpaired) electrons. The van der Waals surface area contributed by atoms with Gasteiger partial charge in [-0.2, -0.15) is 0 Å². The van der Waals surface area contributed by atoms with Crippen molar-refractivity contribution in [1.29, 1.82) is 0 Å². The molecular weight excluding hydrogens is 395 g/mol. The van der Waals surface area contributed by atoms with Gasteiger partial charge in [0, 0.05) is 12.1 Å². The average molecular weight is 409 g/mol. The number of para-hydroxylation sites is 1. The van der Waals surface area contributed by atoms with Crippen molar-refractivity contribution >= 4 is 40.1 Å². The molecule has 3 rings (SSSR count). The molecule has 0 saturated carbocycles. The molecule has 6 nitrogen and oxygen atoms in total. The van der Waals surface area contributed by atoms with Crippen LogP contribution in [0.2, 0.25) is 10.0 Å². The Balaban J connectivity index is 2.17. The Morgan fingerprint density at radius 1 is 1.15 bits per heavy atom. The molecule has 0 bridgehead atoms. The van der Waals surface area contributed by atoms with E-state index in [1.165, 1.54) is 19.2 Å². The lowest BCUT2D eigenvalue weighted by Gasteiger charge is -2.14. The summed E-state index contributed by atoms with van der Waals surface area (Å²) in [4.78, 5) is 23.2. The van der Waals surface area contributed by atoms with Crippen LogP contribution in [-0.4, -0.2) is 24.8 Å². The topological polar surface area (TPSA) is 86.0 Å². The minimum absolute atomic E-state index is 0.0798. The highest BCUT2D eigenvalue weighted by atomic mass is 35.5. The molecule has 0 fully saturated rings. The molecule has 0 saturated heterocycles. The first-order valence-corrected chi connectivity index (χ1v) is 8.61. The summed E-state index contributed by atoms with van der Waals surface area (Å²) in [7, 11) is 1.45. The lowest BCUT2D eigenvalue weighted by Crippen LogP contribution is -2.06. The molecule has 1 aromatic heterocycles. The van der Waals surface area contributed by atoms with E-state index in [-0.39, 0.29) is 40.6 Å². The summed E-state index contributed by atoms with van der Waals surface area (Å²) in [6, 6.07) is 9.24. The summed E-state index contributed by atoms with van der Waals surface area (Å²) in [6.45, 7) is -0.0798. The highest BCUT2D eigenvalue weighted by Gasteiger charge is 2.17. The Labute approximate surface area is 163 Å². The number of benzene rings is 2. The summed E-state index contributed by atoms with van der Waals surface area (Å²) in [6.07, 6.45) is -0.198. The number of fused-ring (bicyclic) bond motifs is 1. The molecule has 0 unspecified atom stereocenters. The van der Waals surface area contributed by atoms with Crippen molar-refractivity contribution < 1.29 is 23.8 Å². The maximum atomic E-state index is 12.5. The Bertz CT molecular complexity index is 1070. The Kier molecular flexibility index (Phi) is 5.58. The highest BCUT2D eigenvalue weighted by molar-refractivity contribution is 6.34. The van der Waals surface area contributed by atoms with E-state index >= 15 is 0 Å². The van der Waals surface area contributed by atoms with Crippen LogP contribution in [-0.2, 0) is 4.79 Å². The Morgan fingerprint density at radius 3 is 2.63 bits per heavy atom. The third-order valence-electron chi connectivity index (χ3n) is 3.80. The molecule has 8 heteroatoms. The maximum Gasteiger partial charge on any atom is 0.306 e. The first-order valence-electron chi connectivity index (χ1n) is 7.85. The van der Waals surface area contributed by atoms with Crippen LogP contribution in [0.1, 0.15) is 6.42 Å². The van der Waals surface area contributed by atoms with E-state index in [1.807, 2.05) is 0 Å². The standard InChI is InChI=1S/C19H14Cl2O6/c1-25-17-7-11(15(8-13(17)21)26-6-5-18(23)24)16-9-14(22)10-3-2-4-12(20)19(10)27-16/h2-4,7-9H,5-6H2,1H3,(H,23,24). The second-order valence-electron chi connectivity index (χ2n) is 5.57. The van der Waals surface area contributed by atoms with Crippen LogP contribution in [0.5, 0.6) is 11.5 Å². The van der Waals surface area contributed by atoms with E-state index in [9.17, 15) is 9.59 Å². The van der Waals surface area contributed by atoms with Gasteiger partial charge in [0.15, 0.2) is 11.0 Å². The normalized spacial score (nSPS) is 10.8. The molecule has 0 amide bonds. The number of methoxy groups -OCH3 is 1. The van der Waals surface area contributed by atoms with Crippen molar-refractivity contribution in [3.63, 3.8) is 0 Å². The van der Waals surface area contributed by atoms with Crippen molar-refractivity contribution in [2.75, 3.05) is 13.7 Å². The summed E-state index contributed by atoms with van der Waals surface area (Å²) >= 11 is 12.3. The lowest BCUT2D eigenvalue weighted by atomic mass is 10.1. The maximum absolute atomic E-state index is 12.5. The smallest absolute Gasteiger partial charge is 0.306 e. The first-order chi connectivity index (χ1) is 12.9. The SMILES string of the molecule is COc1cc(-c2cc(=O)c3cccc(Cl)c3o2)c(OCCC(=O)O)cc1Cl. The van der Waals surface area contributed by atoms with Gasteiger partial charge in [0.2, 0.25) is 0 Å². The van der Waals surface area contributed by atoms with Gasteiger partial charge < -0.3 is 19.0 Å². The number of hydrogen-bond donors (Lipinski definition) is 1. The largest absolute Gasteiger partial charge is 0.495 e. The number of hydrogen-bond acceptors (Lipinski definition) is 5. The van der Waals surface area contributed by atoms with Crippen LogP contribution >= 0.6 is 23.2 Å². The molecule has 0 aliphatic carbocycles. The number of carbonyl (C=O) groups is 1. The van der Waals surface area contributed by atoms with Gasteiger partial charge in [0.1, 0.15) is 17.3 Å². The second-order valence-corrected chi connectivity index (χ2v) is 6.38. The zero-order valence-electron chi connectivity index (χ0n) is 14.1. The monoisotopic (exact) mass is 408 g/mol. The third kappa shape index (κ3) is 4.02. The minimum Gasteiger partial charge on any atom is -0.495 e. The van der Waals surface area contributed by atoms with Gasteiger partial charge in [-0.3, -0.25) is 9.59 Å². The molecule has 1 heterocycles. The van der Waals surface area contributed by atoms with E-state index < -0.39 is 5.97 Å². The van der Waals surface area contributed by atoms with Crippen LogP contribution in [0.4, 0.5) is 0 Å². The van der Waals surface area contributed by atoms with Gasteiger partial charge in [-0.1, -0.05) is 29.3 Å². The van der Waals surface area contributed by atoms with Gasteiger partial charge in [-0.25, -0.2) is 0 Å². The molecule has 0 aliphatic rings. The second kappa shape index (κ2) is 7.90. The minimum atomic E-state index is -1.000. The Morgan fingerprint density at radius 2 is 1.93 bits per heavy atom. The molecule has 3 aromatic rings. The molecule has 0 spiro atoms. The van der Waals surface area contributed by atoms with E-state index in [2.05, 4.69) is 0 Å². The number of halogens is 2. The fraction of sp³-hybridized carbons (Fsp3) is 0.158. The van der Waals surface area contributed by atoms with Crippen molar-refractivity contribution in [2.45, 2.75) is 6.42 Å². The van der Waals surface area contributed by atoms with E-state index in [0.717, 1.165) is 0 Å². The quantitative estimate of drug-likeness (QED) is 0.639. The first kappa shape index (κ1) is 19.1.